The predicted octanol–water partition coefficient (Wildman–Crippen LogP) is 1.32. The maximum absolute atomic E-state index is 5.79. The molecule has 3 nitrogen and oxygen atoms in total. The molecule has 1 aromatic rings. The highest BCUT2D eigenvalue weighted by atomic mass is 16.7. The molecule has 0 fully saturated rings. The zero-order valence-corrected chi connectivity index (χ0v) is 8.67. The van der Waals surface area contributed by atoms with Gasteiger partial charge in [0, 0.05) is 19.1 Å². The zero-order valence-electron chi connectivity index (χ0n) is 8.67. The van der Waals surface area contributed by atoms with Gasteiger partial charge in [-0.05, 0) is 5.56 Å². The fourth-order valence-corrected chi connectivity index (χ4v) is 1.57. The van der Waals surface area contributed by atoms with Gasteiger partial charge in [-0.3, -0.25) is 4.84 Å². The molecule has 0 aliphatic carbocycles. The molecule has 1 aromatic carbocycles. The zero-order chi connectivity index (χ0) is 10.5. The summed E-state index contributed by atoms with van der Waals surface area (Å²) in [5.41, 5.74) is 6.97. The summed E-state index contributed by atoms with van der Waals surface area (Å²) in [6.07, 6.45) is 4.06. The lowest BCUT2D eigenvalue weighted by Crippen LogP contribution is -2.39. The van der Waals surface area contributed by atoms with Crippen LogP contribution in [-0.2, 0) is 11.4 Å². The van der Waals surface area contributed by atoms with Gasteiger partial charge in [-0.1, -0.05) is 42.5 Å². The molecule has 1 aliphatic heterocycles. The van der Waals surface area contributed by atoms with E-state index in [1.165, 1.54) is 5.56 Å². The monoisotopic (exact) mass is 204 g/mol. The Kier molecular flexibility index (Phi) is 3.50. The number of nitrogens with two attached hydrogens (primary N) is 1. The SMILES string of the molecule is NC1C=CCN(OCc2ccccc2)C1. The lowest BCUT2D eigenvalue weighted by Gasteiger charge is -2.25. The summed E-state index contributed by atoms with van der Waals surface area (Å²) in [5.74, 6) is 0. The van der Waals surface area contributed by atoms with Crippen LogP contribution in [0, 0.1) is 0 Å². The van der Waals surface area contributed by atoms with Gasteiger partial charge in [0.1, 0.15) is 0 Å². The van der Waals surface area contributed by atoms with Gasteiger partial charge < -0.3 is 5.73 Å². The molecule has 15 heavy (non-hydrogen) atoms. The summed E-state index contributed by atoms with van der Waals surface area (Å²) in [6, 6.07) is 10.2. The Morgan fingerprint density at radius 1 is 1.33 bits per heavy atom. The van der Waals surface area contributed by atoms with E-state index in [4.69, 9.17) is 10.6 Å². The molecule has 1 aliphatic rings. The first kappa shape index (κ1) is 10.4. The third kappa shape index (κ3) is 3.16. The highest BCUT2D eigenvalue weighted by Gasteiger charge is 2.11. The summed E-state index contributed by atoms with van der Waals surface area (Å²) in [4.78, 5) is 5.64. The number of nitrogens with zero attached hydrogens (tertiary/aromatic N) is 1. The molecule has 0 radical (unpaired) electrons. The van der Waals surface area contributed by atoms with E-state index in [0.29, 0.717) is 6.61 Å². The van der Waals surface area contributed by atoms with Gasteiger partial charge in [0.05, 0.1) is 6.61 Å². The molecule has 2 N–H and O–H groups in total. The Bertz CT molecular complexity index is 324. The van der Waals surface area contributed by atoms with Gasteiger partial charge >= 0.3 is 0 Å². The van der Waals surface area contributed by atoms with Crippen LogP contribution in [-0.4, -0.2) is 24.2 Å². The van der Waals surface area contributed by atoms with Crippen LogP contribution in [0.2, 0.25) is 0 Å². The second-order valence-corrected chi connectivity index (χ2v) is 3.70. The van der Waals surface area contributed by atoms with Crippen LogP contribution in [0.25, 0.3) is 0 Å². The average Bonchev–Trinajstić information content (AvgIpc) is 2.28. The molecule has 0 amide bonds. The van der Waals surface area contributed by atoms with Crippen molar-refractivity contribution < 1.29 is 4.84 Å². The number of benzene rings is 1. The van der Waals surface area contributed by atoms with Crippen molar-refractivity contribution in [2.24, 2.45) is 5.73 Å². The summed E-state index contributed by atoms with van der Waals surface area (Å²) < 4.78 is 0. The van der Waals surface area contributed by atoms with Gasteiger partial charge in [0.25, 0.3) is 0 Å². The fraction of sp³-hybridized carbons (Fsp3) is 0.333. The van der Waals surface area contributed by atoms with Gasteiger partial charge in [-0.25, -0.2) is 0 Å². The maximum atomic E-state index is 5.79. The van der Waals surface area contributed by atoms with Crippen molar-refractivity contribution in [2.45, 2.75) is 12.6 Å². The molecule has 3 heteroatoms. The Hall–Kier alpha value is -1.16. The Labute approximate surface area is 90.1 Å². The highest BCUT2D eigenvalue weighted by molar-refractivity contribution is 5.13. The van der Waals surface area contributed by atoms with Gasteiger partial charge in [-0.15, -0.1) is 0 Å². The smallest absolute Gasteiger partial charge is 0.0936 e. The average molecular weight is 204 g/mol. The third-order valence-corrected chi connectivity index (χ3v) is 2.36. The van der Waals surface area contributed by atoms with Crippen LogP contribution in [0.15, 0.2) is 42.5 Å². The van der Waals surface area contributed by atoms with Crippen LogP contribution in [0.4, 0.5) is 0 Å². The van der Waals surface area contributed by atoms with Crippen molar-refractivity contribution in [1.29, 1.82) is 0 Å². The maximum Gasteiger partial charge on any atom is 0.0936 e. The Balaban J connectivity index is 1.81. The Morgan fingerprint density at radius 2 is 2.13 bits per heavy atom. The van der Waals surface area contributed by atoms with Crippen LogP contribution in [0.3, 0.4) is 0 Å². The minimum atomic E-state index is 0.0922. The van der Waals surface area contributed by atoms with Crippen molar-refractivity contribution in [3.63, 3.8) is 0 Å². The lowest BCUT2D eigenvalue weighted by molar-refractivity contribution is -0.165. The van der Waals surface area contributed by atoms with Crippen LogP contribution < -0.4 is 5.73 Å². The van der Waals surface area contributed by atoms with E-state index in [-0.39, 0.29) is 6.04 Å². The topological polar surface area (TPSA) is 38.5 Å². The van der Waals surface area contributed by atoms with Crippen molar-refractivity contribution >= 4 is 0 Å². The van der Waals surface area contributed by atoms with Crippen molar-refractivity contribution in [1.82, 2.24) is 5.06 Å². The van der Waals surface area contributed by atoms with E-state index in [1.54, 1.807) is 0 Å². The molecule has 80 valence electrons. The summed E-state index contributed by atoms with van der Waals surface area (Å²) in [7, 11) is 0. The van der Waals surface area contributed by atoms with E-state index >= 15 is 0 Å². The second-order valence-electron chi connectivity index (χ2n) is 3.70. The number of hydrogen-bond acceptors (Lipinski definition) is 3. The van der Waals surface area contributed by atoms with Gasteiger partial charge in [-0.2, -0.15) is 5.06 Å². The van der Waals surface area contributed by atoms with Gasteiger partial charge in [0.2, 0.25) is 0 Å². The van der Waals surface area contributed by atoms with E-state index in [9.17, 15) is 0 Å². The number of hydroxylamine groups is 2. The lowest BCUT2D eigenvalue weighted by atomic mass is 10.2. The first-order chi connectivity index (χ1) is 7.34. The summed E-state index contributed by atoms with van der Waals surface area (Å²) in [5, 5.41) is 1.90. The van der Waals surface area contributed by atoms with Crippen molar-refractivity contribution in [3.05, 3.63) is 48.0 Å². The highest BCUT2D eigenvalue weighted by Crippen LogP contribution is 2.06. The normalized spacial score (nSPS) is 21.8. The molecule has 0 saturated carbocycles. The largest absolute Gasteiger partial charge is 0.323 e. The van der Waals surface area contributed by atoms with Gasteiger partial charge in [0.15, 0.2) is 0 Å². The molecule has 1 atom stereocenters. The predicted molar refractivity (Wildman–Crippen MR) is 59.9 cm³/mol. The number of rotatable bonds is 3. The number of hydrogen-bond donors (Lipinski definition) is 1. The van der Waals surface area contributed by atoms with Crippen LogP contribution in [0.5, 0.6) is 0 Å². The molecule has 0 saturated heterocycles. The van der Waals surface area contributed by atoms with Crippen LogP contribution in [0.1, 0.15) is 5.56 Å². The first-order valence-electron chi connectivity index (χ1n) is 5.18. The van der Waals surface area contributed by atoms with E-state index in [1.807, 2.05) is 35.4 Å². The van der Waals surface area contributed by atoms with E-state index in [2.05, 4.69) is 12.1 Å². The van der Waals surface area contributed by atoms with Crippen molar-refractivity contribution in [2.75, 3.05) is 13.1 Å². The molecule has 1 unspecified atom stereocenters. The summed E-state index contributed by atoms with van der Waals surface area (Å²) in [6.45, 7) is 2.20. The first-order valence-corrected chi connectivity index (χ1v) is 5.18. The molecule has 1 heterocycles. The Morgan fingerprint density at radius 3 is 2.87 bits per heavy atom. The summed E-state index contributed by atoms with van der Waals surface area (Å²) >= 11 is 0. The van der Waals surface area contributed by atoms with E-state index < -0.39 is 0 Å². The van der Waals surface area contributed by atoms with Crippen molar-refractivity contribution in [3.8, 4) is 0 Å². The third-order valence-electron chi connectivity index (χ3n) is 2.36. The molecule has 0 spiro atoms. The molecule has 0 aromatic heterocycles. The molecule has 2 rings (SSSR count). The molecular formula is C12H16N2O. The quantitative estimate of drug-likeness (QED) is 0.755. The minimum absolute atomic E-state index is 0.0922. The van der Waals surface area contributed by atoms with E-state index in [0.717, 1.165) is 13.1 Å². The molecule has 0 bridgehead atoms. The fourth-order valence-electron chi connectivity index (χ4n) is 1.57. The minimum Gasteiger partial charge on any atom is -0.323 e. The second kappa shape index (κ2) is 5.07. The molecular weight excluding hydrogens is 188 g/mol. The van der Waals surface area contributed by atoms with Crippen LogP contribution >= 0.6 is 0 Å². The standard InChI is InChI=1S/C12H16N2O/c13-12-7-4-8-14(9-12)15-10-11-5-2-1-3-6-11/h1-7,12H,8-10,13H2.